The van der Waals surface area contributed by atoms with Crippen molar-refractivity contribution in [3.8, 4) is 0 Å². The lowest BCUT2D eigenvalue weighted by atomic mass is 10.1. The van der Waals surface area contributed by atoms with Crippen molar-refractivity contribution in [1.29, 1.82) is 0 Å². The van der Waals surface area contributed by atoms with Crippen LogP contribution in [0.1, 0.15) is 37.0 Å². The van der Waals surface area contributed by atoms with E-state index in [1.165, 1.54) is 4.68 Å². The minimum absolute atomic E-state index is 0.204. The predicted octanol–water partition coefficient (Wildman–Crippen LogP) is 2.41. The molecule has 1 heterocycles. The van der Waals surface area contributed by atoms with Gasteiger partial charge in [0.1, 0.15) is 0 Å². The van der Waals surface area contributed by atoms with Crippen molar-refractivity contribution in [1.82, 2.24) is 9.78 Å². The predicted molar refractivity (Wildman–Crippen MR) is 56.6 cm³/mol. The molecule has 1 aromatic heterocycles. The van der Waals surface area contributed by atoms with Crippen LogP contribution in [0.3, 0.4) is 0 Å². The maximum atomic E-state index is 11.0. The molecule has 4 nitrogen and oxygen atoms in total. The molecule has 1 N–H and O–H groups in total. The molecule has 14 heavy (non-hydrogen) atoms. The second-order valence-corrected chi connectivity index (χ2v) is 4.93. The van der Waals surface area contributed by atoms with Crippen LogP contribution in [0.4, 0.5) is 0 Å². The maximum absolute atomic E-state index is 11.0. The van der Waals surface area contributed by atoms with Crippen molar-refractivity contribution in [3.63, 3.8) is 0 Å². The first-order valence-corrected chi connectivity index (χ1v) is 5.03. The van der Waals surface area contributed by atoms with Gasteiger partial charge in [0.2, 0.25) is 0 Å². The Morgan fingerprint density at radius 3 is 2.29 bits per heavy atom. The number of hydrogen-bond donors (Lipinski definition) is 1. The molecule has 0 aromatic carbocycles. The van der Waals surface area contributed by atoms with Crippen molar-refractivity contribution < 1.29 is 9.90 Å². The molecule has 0 atom stereocenters. The summed E-state index contributed by atoms with van der Waals surface area (Å²) < 4.78 is 2.08. The first-order valence-electron chi connectivity index (χ1n) is 4.24. The number of aryl methyl sites for hydroxylation is 1. The standard InChI is InChI=1S/C9H13BrN2O2/c1-5-6(10)7(8(13)14)12(11-5)9(2,3)4/h1-4H3,(H,13,14). The second kappa shape index (κ2) is 3.38. The number of carboxylic acids is 1. The fourth-order valence-corrected chi connectivity index (χ4v) is 1.59. The summed E-state index contributed by atoms with van der Waals surface area (Å²) in [7, 11) is 0. The molecule has 0 fully saturated rings. The zero-order chi connectivity index (χ0) is 11.1. The van der Waals surface area contributed by atoms with Gasteiger partial charge in [-0.25, -0.2) is 4.79 Å². The Balaban J connectivity index is 3.45. The van der Waals surface area contributed by atoms with E-state index in [2.05, 4.69) is 21.0 Å². The molecule has 0 spiro atoms. The molecule has 0 radical (unpaired) electrons. The summed E-state index contributed by atoms with van der Waals surface area (Å²) in [5.74, 6) is -0.965. The smallest absolute Gasteiger partial charge is 0.355 e. The van der Waals surface area contributed by atoms with Crippen LogP contribution in [0.25, 0.3) is 0 Å². The van der Waals surface area contributed by atoms with Crippen LogP contribution in [0, 0.1) is 6.92 Å². The highest BCUT2D eigenvalue weighted by atomic mass is 79.9. The van der Waals surface area contributed by atoms with Crippen LogP contribution < -0.4 is 0 Å². The van der Waals surface area contributed by atoms with Gasteiger partial charge in [-0.2, -0.15) is 5.10 Å². The first-order chi connectivity index (χ1) is 6.25. The van der Waals surface area contributed by atoms with Gasteiger partial charge in [0.15, 0.2) is 5.69 Å². The summed E-state index contributed by atoms with van der Waals surface area (Å²) >= 11 is 3.23. The Bertz CT molecular complexity index is 377. The van der Waals surface area contributed by atoms with Gasteiger partial charge in [-0.1, -0.05) is 0 Å². The molecule has 5 heteroatoms. The highest BCUT2D eigenvalue weighted by Gasteiger charge is 2.26. The summed E-state index contributed by atoms with van der Waals surface area (Å²) in [4.78, 5) is 11.0. The summed E-state index contributed by atoms with van der Waals surface area (Å²) in [6.45, 7) is 7.52. The highest BCUT2D eigenvalue weighted by molar-refractivity contribution is 9.10. The van der Waals surface area contributed by atoms with E-state index in [0.29, 0.717) is 10.2 Å². The van der Waals surface area contributed by atoms with E-state index in [0.717, 1.165) is 0 Å². The summed E-state index contributed by atoms with van der Waals surface area (Å²) in [6.07, 6.45) is 0. The number of hydrogen-bond acceptors (Lipinski definition) is 2. The Hall–Kier alpha value is -0.840. The third-order valence-corrected chi connectivity index (χ3v) is 2.77. The number of aromatic carboxylic acids is 1. The van der Waals surface area contributed by atoms with E-state index >= 15 is 0 Å². The van der Waals surface area contributed by atoms with Gasteiger partial charge in [0.25, 0.3) is 0 Å². The summed E-state index contributed by atoms with van der Waals surface area (Å²) in [5.41, 5.74) is 0.567. The molecule has 0 saturated carbocycles. The summed E-state index contributed by atoms with van der Waals surface area (Å²) in [5, 5.41) is 13.2. The number of halogens is 1. The fourth-order valence-electron chi connectivity index (χ4n) is 1.18. The average molecular weight is 261 g/mol. The summed E-state index contributed by atoms with van der Waals surface area (Å²) in [6, 6.07) is 0. The van der Waals surface area contributed by atoms with Gasteiger partial charge >= 0.3 is 5.97 Å². The number of rotatable bonds is 1. The Kier molecular flexibility index (Phi) is 2.71. The fraction of sp³-hybridized carbons (Fsp3) is 0.556. The maximum Gasteiger partial charge on any atom is 0.355 e. The van der Waals surface area contributed by atoms with Gasteiger partial charge in [0.05, 0.1) is 15.7 Å². The lowest BCUT2D eigenvalue weighted by Crippen LogP contribution is -2.27. The molecule has 0 bridgehead atoms. The average Bonchev–Trinajstić information content (AvgIpc) is 2.27. The molecule has 1 aromatic rings. The molecular weight excluding hydrogens is 248 g/mol. The zero-order valence-corrected chi connectivity index (χ0v) is 10.2. The highest BCUT2D eigenvalue weighted by Crippen LogP contribution is 2.26. The van der Waals surface area contributed by atoms with Gasteiger partial charge in [-0.05, 0) is 43.6 Å². The number of carbonyl (C=O) groups is 1. The van der Waals surface area contributed by atoms with Crippen molar-refractivity contribution in [2.45, 2.75) is 33.2 Å². The van der Waals surface area contributed by atoms with Crippen molar-refractivity contribution in [2.75, 3.05) is 0 Å². The zero-order valence-electron chi connectivity index (χ0n) is 8.63. The number of nitrogens with zero attached hydrogens (tertiary/aromatic N) is 2. The van der Waals surface area contributed by atoms with E-state index < -0.39 is 5.97 Å². The van der Waals surface area contributed by atoms with Crippen LogP contribution in [0.2, 0.25) is 0 Å². The quantitative estimate of drug-likeness (QED) is 0.844. The number of carboxylic acid groups (broad SMARTS) is 1. The topological polar surface area (TPSA) is 55.1 Å². The SMILES string of the molecule is Cc1nn(C(C)(C)C)c(C(=O)O)c1Br. The van der Waals surface area contributed by atoms with Crippen LogP contribution >= 0.6 is 15.9 Å². The molecule has 0 aliphatic heterocycles. The van der Waals surface area contributed by atoms with Crippen LogP contribution in [-0.2, 0) is 5.54 Å². The van der Waals surface area contributed by atoms with Gasteiger partial charge in [0, 0.05) is 0 Å². The molecular formula is C9H13BrN2O2. The second-order valence-electron chi connectivity index (χ2n) is 4.14. The normalized spacial score (nSPS) is 11.8. The lowest BCUT2D eigenvalue weighted by molar-refractivity contribution is 0.0673. The molecule has 1 rings (SSSR count). The van der Waals surface area contributed by atoms with Crippen LogP contribution in [-0.4, -0.2) is 20.9 Å². The minimum Gasteiger partial charge on any atom is -0.476 e. The van der Waals surface area contributed by atoms with E-state index in [1.807, 2.05) is 20.8 Å². The Morgan fingerprint density at radius 2 is 2.00 bits per heavy atom. The lowest BCUT2D eigenvalue weighted by Gasteiger charge is -2.20. The third-order valence-electron chi connectivity index (χ3n) is 1.83. The van der Waals surface area contributed by atoms with Crippen molar-refractivity contribution in [2.24, 2.45) is 0 Å². The van der Waals surface area contributed by atoms with E-state index in [-0.39, 0.29) is 11.2 Å². The Morgan fingerprint density at radius 1 is 1.50 bits per heavy atom. The van der Waals surface area contributed by atoms with Gasteiger partial charge in [-0.3, -0.25) is 4.68 Å². The largest absolute Gasteiger partial charge is 0.476 e. The molecule has 0 unspecified atom stereocenters. The first kappa shape index (κ1) is 11.2. The third kappa shape index (κ3) is 1.82. The molecule has 0 amide bonds. The van der Waals surface area contributed by atoms with Crippen molar-refractivity contribution >= 4 is 21.9 Å². The van der Waals surface area contributed by atoms with E-state index in [4.69, 9.17) is 5.11 Å². The molecule has 0 saturated heterocycles. The van der Waals surface area contributed by atoms with Gasteiger partial charge < -0.3 is 5.11 Å². The van der Waals surface area contributed by atoms with Crippen molar-refractivity contribution in [3.05, 3.63) is 15.9 Å². The Labute approximate surface area is 91.1 Å². The molecule has 78 valence electrons. The van der Waals surface area contributed by atoms with E-state index in [1.54, 1.807) is 6.92 Å². The van der Waals surface area contributed by atoms with Crippen LogP contribution in [0.15, 0.2) is 4.47 Å². The van der Waals surface area contributed by atoms with Crippen LogP contribution in [0.5, 0.6) is 0 Å². The molecule has 0 aliphatic carbocycles. The van der Waals surface area contributed by atoms with Gasteiger partial charge in [-0.15, -0.1) is 0 Å². The minimum atomic E-state index is -0.965. The van der Waals surface area contributed by atoms with E-state index in [9.17, 15) is 4.79 Å². The number of aromatic nitrogens is 2. The monoisotopic (exact) mass is 260 g/mol. The molecule has 0 aliphatic rings.